The summed E-state index contributed by atoms with van der Waals surface area (Å²) in [7, 11) is 0. The number of nitrogens with zero attached hydrogens (tertiary/aromatic N) is 4. The van der Waals surface area contributed by atoms with Crippen LogP contribution < -0.4 is 11.1 Å². The molecule has 0 amide bonds. The Hall–Kier alpha value is -3.40. The van der Waals surface area contributed by atoms with Gasteiger partial charge in [-0.15, -0.1) is 0 Å². The van der Waals surface area contributed by atoms with Crippen LogP contribution in [0.2, 0.25) is 5.02 Å². The van der Waals surface area contributed by atoms with Crippen LogP contribution in [0.3, 0.4) is 0 Å². The van der Waals surface area contributed by atoms with Crippen molar-refractivity contribution in [2.45, 2.75) is 45.3 Å². The lowest BCUT2D eigenvalue weighted by Crippen LogP contribution is -2.35. The minimum Gasteiger partial charge on any atom is -0.381 e. The van der Waals surface area contributed by atoms with E-state index < -0.39 is 5.82 Å². The van der Waals surface area contributed by atoms with E-state index >= 15 is 4.39 Å². The Labute approximate surface area is 229 Å². The predicted octanol–water partition coefficient (Wildman–Crippen LogP) is 4.61. The Morgan fingerprint density at radius 1 is 1.10 bits per heavy atom. The molecule has 2 aliphatic rings. The minimum atomic E-state index is -0.537. The summed E-state index contributed by atoms with van der Waals surface area (Å²) in [5.41, 5.74) is 3.21. The monoisotopic (exact) mass is 550 g/mol. The highest BCUT2D eigenvalue weighted by molar-refractivity contribution is 6.30. The second-order valence-electron chi connectivity index (χ2n) is 10.4. The van der Waals surface area contributed by atoms with Gasteiger partial charge >= 0.3 is 0 Å². The van der Waals surface area contributed by atoms with Gasteiger partial charge in [-0.1, -0.05) is 11.6 Å². The molecule has 0 N–H and O–H groups in total. The zero-order valence-corrected chi connectivity index (χ0v) is 22.4. The summed E-state index contributed by atoms with van der Waals surface area (Å²) in [5, 5.41) is 0.271. The van der Waals surface area contributed by atoms with Gasteiger partial charge in [0, 0.05) is 65.3 Å². The predicted molar refractivity (Wildman–Crippen MR) is 145 cm³/mol. The van der Waals surface area contributed by atoms with Crippen molar-refractivity contribution in [2.75, 3.05) is 19.8 Å². The van der Waals surface area contributed by atoms with Gasteiger partial charge in [0.15, 0.2) is 5.65 Å². The van der Waals surface area contributed by atoms with Crippen LogP contribution in [0.1, 0.15) is 47.4 Å². The van der Waals surface area contributed by atoms with Gasteiger partial charge in [0.05, 0.1) is 25.0 Å². The van der Waals surface area contributed by atoms with Crippen molar-refractivity contribution in [3.8, 4) is 11.3 Å². The average Bonchev–Trinajstić information content (AvgIpc) is 2.90. The lowest BCUT2D eigenvalue weighted by molar-refractivity contribution is -0.0400. The van der Waals surface area contributed by atoms with E-state index in [-0.39, 0.29) is 33.7 Å². The Balaban J connectivity index is 1.40. The number of ether oxygens (including phenoxy) is 2. The van der Waals surface area contributed by atoms with E-state index in [0.717, 1.165) is 5.56 Å². The number of halogens is 2. The molecule has 0 unspecified atom stereocenters. The molecule has 6 rings (SSSR count). The number of rotatable bonds is 5. The van der Waals surface area contributed by atoms with E-state index in [1.165, 1.54) is 10.5 Å². The summed E-state index contributed by atoms with van der Waals surface area (Å²) in [6.45, 7) is 5.91. The Morgan fingerprint density at radius 2 is 1.92 bits per heavy atom. The Morgan fingerprint density at radius 3 is 2.67 bits per heavy atom. The van der Waals surface area contributed by atoms with Gasteiger partial charge < -0.3 is 14.0 Å². The maximum Gasteiger partial charge on any atom is 0.261 e. The fraction of sp³-hybridized carbons (Fsp3) is 0.379. The number of pyridine rings is 1. The highest BCUT2D eigenvalue weighted by Crippen LogP contribution is 2.38. The van der Waals surface area contributed by atoms with Crippen molar-refractivity contribution in [3.63, 3.8) is 0 Å². The largest absolute Gasteiger partial charge is 0.381 e. The maximum absolute atomic E-state index is 15.1. The fourth-order valence-electron chi connectivity index (χ4n) is 5.26. The fourth-order valence-corrected chi connectivity index (χ4v) is 5.42. The van der Waals surface area contributed by atoms with Crippen LogP contribution in [0.4, 0.5) is 4.39 Å². The summed E-state index contributed by atoms with van der Waals surface area (Å²) in [6, 6.07) is 7.78. The molecule has 5 heterocycles. The van der Waals surface area contributed by atoms with Crippen LogP contribution in [-0.2, 0) is 16.0 Å². The molecular weight excluding hydrogens is 523 g/mol. The zero-order valence-electron chi connectivity index (χ0n) is 21.7. The molecule has 2 fully saturated rings. The second kappa shape index (κ2) is 10.3. The zero-order chi connectivity index (χ0) is 27.3. The van der Waals surface area contributed by atoms with Crippen LogP contribution in [0.5, 0.6) is 0 Å². The normalized spacial score (nSPS) is 19.8. The van der Waals surface area contributed by atoms with Crippen molar-refractivity contribution < 1.29 is 13.9 Å². The summed E-state index contributed by atoms with van der Waals surface area (Å²) >= 11 is 6.01. The Kier molecular flexibility index (Phi) is 6.82. The van der Waals surface area contributed by atoms with E-state index in [1.807, 2.05) is 12.3 Å². The molecule has 10 heteroatoms. The first-order chi connectivity index (χ1) is 18.8. The van der Waals surface area contributed by atoms with Crippen molar-refractivity contribution >= 4 is 17.2 Å². The van der Waals surface area contributed by atoms with E-state index in [9.17, 15) is 9.59 Å². The standard InChI is InChI=1S/C29H28ClFN4O4/c1-16-17(2)32-28-27(22-5-4-21(30)10-23(22)31)33-24(13-35(28)29(16)37)19-7-8-39-25(9-19)20-3-6-26(36)34(12-20)11-18-14-38-15-18/h3-6,10,12-13,18-19,25H,7-9,11,14-15H2,1-2H3/t19-,25+/m1/s1. The van der Waals surface area contributed by atoms with Gasteiger partial charge in [-0.05, 0) is 56.5 Å². The van der Waals surface area contributed by atoms with Crippen molar-refractivity contribution in [1.29, 1.82) is 0 Å². The summed E-state index contributed by atoms with van der Waals surface area (Å²) in [4.78, 5) is 35.2. The number of fused-ring (bicyclic) bond motifs is 1. The number of hydrogen-bond donors (Lipinski definition) is 0. The van der Waals surface area contributed by atoms with Crippen LogP contribution in [0, 0.1) is 25.6 Å². The van der Waals surface area contributed by atoms with Crippen molar-refractivity contribution in [3.05, 3.63) is 96.8 Å². The number of benzene rings is 1. The van der Waals surface area contributed by atoms with Crippen molar-refractivity contribution in [1.82, 2.24) is 18.9 Å². The Bertz CT molecular complexity index is 1700. The minimum absolute atomic E-state index is 0.0543. The molecule has 2 aliphatic heterocycles. The molecule has 39 heavy (non-hydrogen) atoms. The van der Waals surface area contributed by atoms with Gasteiger partial charge in [0.25, 0.3) is 11.1 Å². The van der Waals surface area contributed by atoms with E-state index in [1.54, 1.807) is 42.8 Å². The number of aromatic nitrogens is 4. The van der Waals surface area contributed by atoms with E-state index in [0.29, 0.717) is 73.4 Å². The van der Waals surface area contributed by atoms with Gasteiger partial charge in [0.2, 0.25) is 0 Å². The molecule has 2 saturated heterocycles. The van der Waals surface area contributed by atoms with Crippen LogP contribution in [0.15, 0.2) is 52.3 Å². The number of hydrogen-bond acceptors (Lipinski definition) is 6. The summed E-state index contributed by atoms with van der Waals surface area (Å²) < 4.78 is 29.7. The molecule has 0 bridgehead atoms. The van der Waals surface area contributed by atoms with E-state index in [4.69, 9.17) is 26.1 Å². The molecular formula is C29H28ClFN4O4. The highest BCUT2D eigenvalue weighted by Gasteiger charge is 2.29. The molecule has 2 atom stereocenters. The molecule has 8 nitrogen and oxygen atoms in total. The molecule has 0 spiro atoms. The average molecular weight is 551 g/mol. The van der Waals surface area contributed by atoms with Crippen LogP contribution in [-0.4, -0.2) is 38.8 Å². The van der Waals surface area contributed by atoms with Gasteiger partial charge in [-0.25, -0.2) is 14.4 Å². The first kappa shape index (κ1) is 25.9. The molecule has 0 radical (unpaired) electrons. The quantitative estimate of drug-likeness (QED) is 0.361. The molecule has 0 aliphatic carbocycles. The topological polar surface area (TPSA) is 87.7 Å². The third-order valence-electron chi connectivity index (χ3n) is 7.73. The molecule has 1 aromatic carbocycles. The van der Waals surface area contributed by atoms with Crippen molar-refractivity contribution in [2.24, 2.45) is 5.92 Å². The van der Waals surface area contributed by atoms with Gasteiger partial charge in [-0.2, -0.15) is 0 Å². The molecule has 202 valence electrons. The first-order valence-corrected chi connectivity index (χ1v) is 13.4. The first-order valence-electron chi connectivity index (χ1n) is 13.0. The lowest BCUT2D eigenvalue weighted by atomic mass is 9.90. The third-order valence-corrected chi connectivity index (χ3v) is 7.96. The third kappa shape index (κ3) is 4.90. The van der Waals surface area contributed by atoms with E-state index in [2.05, 4.69) is 4.98 Å². The summed E-state index contributed by atoms with van der Waals surface area (Å²) in [6.07, 6.45) is 4.62. The maximum atomic E-state index is 15.1. The van der Waals surface area contributed by atoms with Gasteiger partial charge in [0.1, 0.15) is 11.5 Å². The SMILES string of the molecule is Cc1nc2c(-c3ccc(Cl)cc3F)nc([C@@H]3CCO[C@H](c4ccc(=O)n(CC5COC5)c4)C3)cn2c(=O)c1C. The number of aryl methyl sites for hydroxylation is 1. The van der Waals surface area contributed by atoms with Gasteiger partial charge in [-0.3, -0.25) is 14.0 Å². The summed E-state index contributed by atoms with van der Waals surface area (Å²) in [5.74, 6) is -0.257. The molecule has 4 aromatic rings. The highest BCUT2D eigenvalue weighted by atomic mass is 35.5. The second-order valence-corrected chi connectivity index (χ2v) is 10.8. The van der Waals surface area contributed by atoms with Crippen LogP contribution in [0.25, 0.3) is 16.9 Å². The lowest BCUT2D eigenvalue weighted by Gasteiger charge is -2.31. The van der Waals surface area contributed by atoms with Crippen LogP contribution >= 0.6 is 11.6 Å². The smallest absolute Gasteiger partial charge is 0.261 e. The molecule has 3 aromatic heterocycles. The molecule has 0 saturated carbocycles.